The number of rotatable bonds is 7. The Morgan fingerprint density at radius 2 is 1.76 bits per heavy atom. The fourth-order valence-corrected chi connectivity index (χ4v) is 3.58. The van der Waals surface area contributed by atoms with Gasteiger partial charge in [0.15, 0.2) is 0 Å². The maximum atomic E-state index is 12.8. The van der Waals surface area contributed by atoms with Gasteiger partial charge in [-0.3, -0.25) is 9.59 Å². The van der Waals surface area contributed by atoms with Crippen LogP contribution in [0.25, 0.3) is 0 Å². The van der Waals surface area contributed by atoms with E-state index in [1.807, 2.05) is 67.5 Å². The molecule has 6 nitrogen and oxygen atoms in total. The van der Waals surface area contributed by atoms with Gasteiger partial charge in [0.2, 0.25) is 5.91 Å². The molecule has 0 radical (unpaired) electrons. The molecule has 1 aliphatic rings. The van der Waals surface area contributed by atoms with Crippen molar-refractivity contribution in [2.75, 3.05) is 19.0 Å². The van der Waals surface area contributed by atoms with Gasteiger partial charge in [0.25, 0.3) is 0 Å². The average molecular weight is 458 g/mol. The van der Waals surface area contributed by atoms with E-state index in [0.717, 1.165) is 27.0 Å². The molecule has 1 N–H and O–H groups in total. The second kappa shape index (κ2) is 9.22. The van der Waals surface area contributed by atoms with Crippen molar-refractivity contribution in [2.45, 2.75) is 31.7 Å². The summed E-state index contributed by atoms with van der Waals surface area (Å²) in [6, 6.07) is 15.8. The van der Waals surface area contributed by atoms with Crippen LogP contribution < -0.4 is 4.90 Å². The number of nitrogens with zero attached hydrogens (tertiary/aromatic N) is 3. The second-order valence-electron chi connectivity index (χ2n) is 7.25. The lowest BCUT2D eigenvalue weighted by Gasteiger charge is -2.22. The Kier molecular flexibility index (Phi) is 6.69. The van der Waals surface area contributed by atoms with Crippen molar-refractivity contribution in [1.29, 1.82) is 0 Å². The van der Waals surface area contributed by atoms with Gasteiger partial charge in [-0.25, -0.2) is 5.01 Å². The van der Waals surface area contributed by atoms with Crippen LogP contribution in [-0.4, -0.2) is 41.8 Å². The lowest BCUT2D eigenvalue weighted by molar-refractivity contribution is -0.137. The summed E-state index contributed by atoms with van der Waals surface area (Å²) in [6.45, 7) is 0. The van der Waals surface area contributed by atoms with E-state index in [2.05, 4.69) is 21.0 Å². The van der Waals surface area contributed by atoms with Crippen LogP contribution in [0.4, 0.5) is 5.69 Å². The summed E-state index contributed by atoms with van der Waals surface area (Å²) in [5, 5.41) is 15.0. The van der Waals surface area contributed by atoms with Crippen molar-refractivity contribution in [1.82, 2.24) is 5.01 Å². The normalized spacial score (nSPS) is 15.9. The van der Waals surface area contributed by atoms with E-state index in [4.69, 9.17) is 5.11 Å². The minimum absolute atomic E-state index is 0.0227. The molecule has 3 rings (SSSR count). The quantitative estimate of drug-likeness (QED) is 0.666. The maximum Gasteiger partial charge on any atom is 0.303 e. The van der Waals surface area contributed by atoms with Crippen LogP contribution in [0.5, 0.6) is 0 Å². The monoisotopic (exact) mass is 457 g/mol. The Balaban J connectivity index is 1.85. The Hall–Kier alpha value is -2.67. The molecule has 1 amide bonds. The number of carbonyl (C=O) groups excluding carboxylic acids is 1. The number of hydrogen-bond acceptors (Lipinski definition) is 4. The van der Waals surface area contributed by atoms with E-state index in [-0.39, 0.29) is 24.8 Å². The first-order chi connectivity index (χ1) is 13.8. The number of carbonyl (C=O) groups is 2. The van der Waals surface area contributed by atoms with E-state index in [9.17, 15) is 9.59 Å². The highest BCUT2D eigenvalue weighted by molar-refractivity contribution is 9.10. The van der Waals surface area contributed by atoms with Gasteiger partial charge in [-0.05, 0) is 41.8 Å². The first-order valence-electron chi connectivity index (χ1n) is 9.49. The zero-order valence-electron chi connectivity index (χ0n) is 16.5. The van der Waals surface area contributed by atoms with Crippen LogP contribution >= 0.6 is 15.9 Å². The molecule has 0 aliphatic carbocycles. The van der Waals surface area contributed by atoms with Gasteiger partial charge in [-0.15, -0.1) is 0 Å². The third-order valence-corrected chi connectivity index (χ3v) is 5.45. The molecule has 0 saturated carbocycles. The molecular formula is C22H24BrN3O3. The van der Waals surface area contributed by atoms with Crippen LogP contribution in [0, 0.1) is 0 Å². The van der Waals surface area contributed by atoms with E-state index >= 15 is 0 Å². The topological polar surface area (TPSA) is 73.2 Å². The van der Waals surface area contributed by atoms with Crippen molar-refractivity contribution < 1.29 is 14.7 Å². The van der Waals surface area contributed by atoms with Gasteiger partial charge in [0, 0.05) is 43.5 Å². The predicted molar refractivity (Wildman–Crippen MR) is 117 cm³/mol. The van der Waals surface area contributed by atoms with Crippen molar-refractivity contribution in [3.05, 3.63) is 64.1 Å². The van der Waals surface area contributed by atoms with Gasteiger partial charge in [-0.2, -0.15) is 5.10 Å². The Labute approximate surface area is 179 Å². The number of amides is 1. The van der Waals surface area contributed by atoms with Crippen molar-refractivity contribution in [2.24, 2.45) is 5.10 Å². The maximum absolute atomic E-state index is 12.8. The third kappa shape index (κ3) is 5.23. The minimum atomic E-state index is -0.895. The molecule has 0 fully saturated rings. The summed E-state index contributed by atoms with van der Waals surface area (Å²) < 4.78 is 0.971. The SMILES string of the molecule is CN(C)c1ccc(C2=NN(C(=O)CCCC(=O)O)[C@H](c3ccc(Br)cc3)C2)cc1. The number of carboxylic acid groups (broad SMARTS) is 1. The van der Waals surface area contributed by atoms with E-state index < -0.39 is 5.97 Å². The molecule has 1 atom stereocenters. The molecule has 0 unspecified atom stereocenters. The zero-order valence-corrected chi connectivity index (χ0v) is 18.1. The second-order valence-corrected chi connectivity index (χ2v) is 8.16. The number of anilines is 1. The number of hydrogen-bond donors (Lipinski definition) is 1. The fraction of sp³-hybridized carbons (Fsp3) is 0.318. The lowest BCUT2D eigenvalue weighted by atomic mass is 9.98. The highest BCUT2D eigenvalue weighted by Crippen LogP contribution is 2.34. The molecule has 2 aromatic carbocycles. The largest absolute Gasteiger partial charge is 0.481 e. The Morgan fingerprint density at radius 1 is 1.10 bits per heavy atom. The third-order valence-electron chi connectivity index (χ3n) is 4.92. The first-order valence-corrected chi connectivity index (χ1v) is 10.3. The van der Waals surface area contributed by atoms with Gasteiger partial charge in [0.05, 0.1) is 11.8 Å². The van der Waals surface area contributed by atoms with Crippen molar-refractivity contribution in [3.63, 3.8) is 0 Å². The van der Waals surface area contributed by atoms with Gasteiger partial charge < -0.3 is 10.0 Å². The van der Waals surface area contributed by atoms with Crippen LogP contribution in [0.3, 0.4) is 0 Å². The summed E-state index contributed by atoms with van der Waals surface area (Å²) in [7, 11) is 3.98. The first kappa shape index (κ1) is 21.0. The highest BCUT2D eigenvalue weighted by atomic mass is 79.9. The number of carboxylic acids is 1. The lowest BCUT2D eigenvalue weighted by Crippen LogP contribution is -2.27. The molecule has 0 saturated heterocycles. The summed E-state index contributed by atoms with van der Waals surface area (Å²) in [5.74, 6) is -1.05. The molecule has 152 valence electrons. The summed E-state index contributed by atoms with van der Waals surface area (Å²) in [6.07, 6.45) is 1.06. The number of aliphatic carboxylic acids is 1. The van der Waals surface area contributed by atoms with Crippen LogP contribution in [0.2, 0.25) is 0 Å². The minimum Gasteiger partial charge on any atom is -0.481 e. The fourth-order valence-electron chi connectivity index (χ4n) is 3.32. The molecule has 0 bridgehead atoms. The van der Waals surface area contributed by atoms with E-state index in [0.29, 0.717) is 12.8 Å². The molecule has 29 heavy (non-hydrogen) atoms. The Morgan fingerprint density at radius 3 is 2.34 bits per heavy atom. The highest BCUT2D eigenvalue weighted by Gasteiger charge is 2.32. The standard InChI is InChI=1S/C22H24BrN3O3/c1-25(2)18-12-8-15(9-13-18)19-14-20(16-6-10-17(23)11-7-16)26(24-19)21(27)4-3-5-22(28)29/h6-13,20H,3-5,14H2,1-2H3,(H,28,29)/t20-/m0/s1. The summed E-state index contributed by atoms with van der Waals surface area (Å²) in [5.41, 5.74) is 3.94. The van der Waals surface area contributed by atoms with Gasteiger partial charge in [0.1, 0.15) is 0 Å². The van der Waals surface area contributed by atoms with Crippen LogP contribution in [0.1, 0.15) is 42.9 Å². The average Bonchev–Trinajstić information content (AvgIpc) is 3.14. The van der Waals surface area contributed by atoms with E-state index in [1.54, 1.807) is 0 Å². The molecule has 0 spiro atoms. The van der Waals surface area contributed by atoms with Crippen LogP contribution in [0.15, 0.2) is 58.1 Å². The Bertz CT molecular complexity index is 908. The van der Waals surface area contributed by atoms with Crippen LogP contribution in [-0.2, 0) is 9.59 Å². The summed E-state index contributed by atoms with van der Waals surface area (Å²) in [4.78, 5) is 25.6. The zero-order chi connectivity index (χ0) is 21.0. The number of hydrazone groups is 1. The molecule has 0 aromatic heterocycles. The molecular weight excluding hydrogens is 434 g/mol. The number of halogens is 1. The van der Waals surface area contributed by atoms with E-state index in [1.165, 1.54) is 5.01 Å². The number of benzene rings is 2. The predicted octanol–water partition coefficient (Wildman–Crippen LogP) is 4.45. The van der Waals surface area contributed by atoms with Gasteiger partial charge >= 0.3 is 5.97 Å². The molecule has 1 heterocycles. The van der Waals surface area contributed by atoms with Crippen molar-refractivity contribution in [3.8, 4) is 0 Å². The molecule has 1 aliphatic heterocycles. The summed E-state index contributed by atoms with van der Waals surface area (Å²) >= 11 is 3.44. The van der Waals surface area contributed by atoms with Crippen molar-refractivity contribution >= 4 is 39.2 Å². The molecule has 2 aromatic rings. The van der Waals surface area contributed by atoms with Gasteiger partial charge in [-0.1, -0.05) is 40.2 Å². The molecule has 7 heteroatoms. The smallest absolute Gasteiger partial charge is 0.303 e.